The van der Waals surface area contributed by atoms with Crippen molar-refractivity contribution in [2.45, 2.75) is 50.5 Å². The largest absolute Gasteiger partial charge is 0.416 e. The molecular weight excluding hydrogens is 429 g/mol. The summed E-state index contributed by atoms with van der Waals surface area (Å²) < 4.78 is 41.8. The highest BCUT2D eigenvalue weighted by atomic mass is 19.4. The maximum Gasteiger partial charge on any atom is 0.416 e. The van der Waals surface area contributed by atoms with Gasteiger partial charge in [-0.2, -0.15) is 13.2 Å². The van der Waals surface area contributed by atoms with Crippen molar-refractivity contribution in [3.63, 3.8) is 0 Å². The molecule has 3 heterocycles. The monoisotopic (exact) mass is 458 g/mol. The second kappa shape index (κ2) is 8.99. The number of aromatic nitrogens is 2. The molecule has 2 saturated heterocycles. The number of likely N-dealkylation sites (tertiary alicyclic amines) is 2. The van der Waals surface area contributed by atoms with E-state index in [4.69, 9.17) is 0 Å². The van der Waals surface area contributed by atoms with Gasteiger partial charge in [0.05, 0.1) is 16.6 Å². The van der Waals surface area contributed by atoms with Gasteiger partial charge in [-0.15, -0.1) is 0 Å². The number of nitrogens with zero attached hydrogens (tertiary/aromatic N) is 3. The third kappa shape index (κ3) is 4.59. The molecule has 2 fully saturated rings. The molecule has 5 nitrogen and oxygen atoms in total. The molecule has 8 heteroatoms. The molecule has 0 radical (unpaired) electrons. The molecule has 2 aliphatic rings. The Bertz CT molecular complexity index is 1150. The van der Waals surface area contributed by atoms with E-state index < -0.39 is 11.7 Å². The van der Waals surface area contributed by atoms with Crippen LogP contribution in [0, 0.1) is 0 Å². The summed E-state index contributed by atoms with van der Waals surface area (Å²) in [5, 5.41) is 0. The highest BCUT2D eigenvalue weighted by molar-refractivity contribution is 5.75. The predicted octanol–water partition coefficient (Wildman–Crippen LogP) is 4.65. The smallest absolute Gasteiger partial charge is 0.306 e. The molecular formula is C25H29F3N4O. The Morgan fingerprint density at radius 2 is 1.48 bits per heavy atom. The Hall–Kier alpha value is -2.58. The summed E-state index contributed by atoms with van der Waals surface area (Å²) in [4.78, 5) is 20.1. The highest BCUT2D eigenvalue weighted by Gasteiger charge is 2.34. The lowest BCUT2D eigenvalue weighted by Crippen LogP contribution is -2.48. The average molecular weight is 459 g/mol. The first kappa shape index (κ1) is 22.2. The van der Waals surface area contributed by atoms with E-state index >= 15 is 0 Å². The normalized spacial score (nSPS) is 20.0. The van der Waals surface area contributed by atoms with E-state index in [0.29, 0.717) is 18.2 Å². The second-order valence-corrected chi connectivity index (χ2v) is 9.25. The molecule has 5 rings (SSSR count). The number of alkyl halides is 3. The first-order valence-corrected chi connectivity index (χ1v) is 11.7. The molecule has 0 aliphatic carbocycles. The Labute approximate surface area is 190 Å². The molecule has 3 aromatic rings. The molecule has 0 atom stereocenters. The van der Waals surface area contributed by atoms with Gasteiger partial charge in [-0.3, -0.25) is 9.47 Å². The van der Waals surface area contributed by atoms with Gasteiger partial charge in [0.1, 0.15) is 0 Å². The van der Waals surface area contributed by atoms with Gasteiger partial charge in [0.25, 0.3) is 0 Å². The van der Waals surface area contributed by atoms with Crippen molar-refractivity contribution in [2.75, 3.05) is 26.2 Å². The second-order valence-electron chi connectivity index (χ2n) is 9.25. The minimum Gasteiger partial charge on any atom is -0.306 e. The number of hydrogen-bond acceptors (Lipinski definition) is 3. The van der Waals surface area contributed by atoms with Gasteiger partial charge in [-0.05, 0) is 62.5 Å². The van der Waals surface area contributed by atoms with E-state index in [9.17, 15) is 18.0 Å². The van der Waals surface area contributed by atoms with Crippen LogP contribution in [0.15, 0.2) is 53.3 Å². The van der Waals surface area contributed by atoms with E-state index in [-0.39, 0.29) is 11.7 Å². The summed E-state index contributed by atoms with van der Waals surface area (Å²) >= 11 is 0. The number of rotatable bonds is 4. The zero-order chi connectivity index (χ0) is 23.0. The average Bonchev–Trinajstić information content (AvgIpc) is 3.15. The van der Waals surface area contributed by atoms with Crippen LogP contribution in [0.3, 0.4) is 0 Å². The first-order valence-electron chi connectivity index (χ1n) is 11.7. The van der Waals surface area contributed by atoms with Crippen LogP contribution in [0.2, 0.25) is 0 Å². The summed E-state index contributed by atoms with van der Waals surface area (Å²) in [5.74, 6) is 0. The third-order valence-corrected chi connectivity index (χ3v) is 7.28. The minimum absolute atomic E-state index is 0.0397. The van der Waals surface area contributed by atoms with Crippen molar-refractivity contribution in [3.05, 3.63) is 70.1 Å². The number of aromatic amines is 1. The predicted molar refractivity (Wildman–Crippen MR) is 122 cm³/mol. The van der Waals surface area contributed by atoms with Gasteiger partial charge >= 0.3 is 11.9 Å². The van der Waals surface area contributed by atoms with Gasteiger partial charge in [-0.1, -0.05) is 30.3 Å². The molecule has 1 N–H and O–H groups in total. The van der Waals surface area contributed by atoms with Crippen LogP contribution >= 0.6 is 0 Å². The number of fused-ring (bicyclic) bond motifs is 1. The van der Waals surface area contributed by atoms with Crippen LogP contribution < -0.4 is 5.69 Å². The van der Waals surface area contributed by atoms with Crippen LogP contribution in [0.25, 0.3) is 11.0 Å². The van der Waals surface area contributed by atoms with Crippen molar-refractivity contribution < 1.29 is 13.2 Å². The van der Waals surface area contributed by atoms with Crippen molar-refractivity contribution in [1.82, 2.24) is 19.4 Å². The van der Waals surface area contributed by atoms with Gasteiger partial charge in [-0.25, -0.2) is 4.79 Å². The van der Waals surface area contributed by atoms with Crippen molar-refractivity contribution in [3.8, 4) is 0 Å². The number of piperidine rings is 2. The summed E-state index contributed by atoms with van der Waals surface area (Å²) in [6, 6.07) is 14.4. The fraction of sp³-hybridized carbons (Fsp3) is 0.480. The lowest BCUT2D eigenvalue weighted by molar-refractivity contribution is -0.138. The molecule has 2 aliphatic heterocycles. The molecule has 0 amide bonds. The van der Waals surface area contributed by atoms with Crippen LogP contribution in [-0.2, 0) is 12.7 Å². The van der Waals surface area contributed by atoms with Gasteiger partial charge in [0.2, 0.25) is 0 Å². The lowest BCUT2D eigenvalue weighted by atomic mass is 9.97. The van der Waals surface area contributed by atoms with E-state index in [1.165, 1.54) is 12.1 Å². The number of hydrogen-bond donors (Lipinski definition) is 1. The molecule has 0 spiro atoms. The van der Waals surface area contributed by atoms with Crippen LogP contribution in [0.4, 0.5) is 13.2 Å². The molecule has 176 valence electrons. The van der Waals surface area contributed by atoms with E-state index in [1.54, 1.807) is 12.1 Å². The van der Waals surface area contributed by atoms with Gasteiger partial charge in [0, 0.05) is 31.7 Å². The van der Waals surface area contributed by atoms with Crippen LogP contribution in [0.1, 0.15) is 42.9 Å². The quantitative estimate of drug-likeness (QED) is 0.619. The fourth-order valence-corrected chi connectivity index (χ4v) is 5.56. The van der Waals surface area contributed by atoms with Gasteiger partial charge in [0.15, 0.2) is 0 Å². The third-order valence-electron chi connectivity index (χ3n) is 7.28. The molecule has 0 unspecified atom stereocenters. The zero-order valence-electron chi connectivity index (χ0n) is 18.5. The first-order chi connectivity index (χ1) is 15.9. The fourth-order valence-electron chi connectivity index (χ4n) is 5.56. The summed E-state index contributed by atoms with van der Waals surface area (Å²) in [6.07, 6.45) is -0.522. The SMILES string of the molecule is O=c1[nH]c2ccccc2n1C1CCN(C2CCN(Cc3ccccc3C(F)(F)F)CC2)CC1. The number of imidazole rings is 1. The Morgan fingerprint density at radius 3 is 2.21 bits per heavy atom. The molecule has 0 saturated carbocycles. The van der Waals surface area contributed by atoms with E-state index in [0.717, 1.165) is 62.9 Å². The van der Waals surface area contributed by atoms with Crippen molar-refractivity contribution in [1.29, 1.82) is 0 Å². The summed E-state index contributed by atoms with van der Waals surface area (Å²) in [5.41, 5.74) is 1.63. The number of nitrogens with one attached hydrogen (secondary N) is 1. The Morgan fingerprint density at radius 1 is 0.848 bits per heavy atom. The van der Waals surface area contributed by atoms with Crippen LogP contribution in [0.5, 0.6) is 0 Å². The number of benzene rings is 2. The Kier molecular flexibility index (Phi) is 6.05. The molecule has 2 aromatic carbocycles. The maximum atomic E-state index is 13.3. The van der Waals surface area contributed by atoms with Crippen molar-refractivity contribution in [2.24, 2.45) is 0 Å². The van der Waals surface area contributed by atoms with Crippen LogP contribution in [-0.4, -0.2) is 51.6 Å². The summed E-state index contributed by atoms with van der Waals surface area (Å²) in [6.45, 7) is 3.84. The maximum absolute atomic E-state index is 13.3. The molecule has 1 aromatic heterocycles. The molecule has 33 heavy (non-hydrogen) atoms. The van der Waals surface area contributed by atoms with Crippen molar-refractivity contribution >= 4 is 11.0 Å². The number of para-hydroxylation sites is 2. The van der Waals surface area contributed by atoms with E-state index in [2.05, 4.69) is 14.8 Å². The Balaban J connectivity index is 1.16. The summed E-state index contributed by atoms with van der Waals surface area (Å²) in [7, 11) is 0. The number of H-pyrrole nitrogens is 1. The number of halogens is 3. The minimum atomic E-state index is -4.31. The standard InChI is InChI=1S/C25H29F3N4O/c26-25(27,28)21-6-2-1-5-18(21)17-30-13-9-19(10-14-30)31-15-11-20(12-16-31)32-23-8-4-3-7-22(23)29-24(32)33/h1-8,19-20H,9-17H2,(H,29,33). The zero-order valence-corrected chi connectivity index (χ0v) is 18.5. The molecule has 0 bridgehead atoms. The lowest BCUT2D eigenvalue weighted by Gasteiger charge is -2.42. The topological polar surface area (TPSA) is 44.3 Å². The van der Waals surface area contributed by atoms with Gasteiger partial charge < -0.3 is 9.88 Å². The highest BCUT2D eigenvalue weighted by Crippen LogP contribution is 2.33. The van der Waals surface area contributed by atoms with E-state index in [1.807, 2.05) is 28.8 Å².